The molecule has 0 saturated carbocycles. The molecule has 0 aromatic heterocycles. The first-order valence-electron chi connectivity index (χ1n) is 23.4. The molecule has 0 aliphatic carbocycles. The number of primary amides is 1. The van der Waals surface area contributed by atoms with Crippen molar-refractivity contribution in [1.29, 1.82) is 0 Å². The molecule has 0 spiro atoms. The lowest BCUT2D eigenvalue weighted by atomic mass is 9.99. The highest BCUT2D eigenvalue weighted by atomic mass is 16.5. The molecule has 2 saturated heterocycles. The number of aromatic hydroxyl groups is 1. The number of hydrogen-bond acceptors (Lipinski definition) is 11. The Morgan fingerprint density at radius 3 is 2.04 bits per heavy atom. The molecule has 19 nitrogen and oxygen atoms in total. The molecule has 372 valence electrons. The molecule has 2 aromatic carbocycles. The zero-order valence-corrected chi connectivity index (χ0v) is 40.4. The minimum absolute atomic E-state index is 0.0206. The van der Waals surface area contributed by atoms with Crippen molar-refractivity contribution in [3.05, 3.63) is 65.7 Å². The predicted molar refractivity (Wildman–Crippen MR) is 251 cm³/mol. The monoisotopic (exact) mass is 947 g/mol. The van der Waals surface area contributed by atoms with Crippen molar-refractivity contribution in [2.45, 2.75) is 148 Å². The van der Waals surface area contributed by atoms with E-state index < -0.39 is 108 Å². The lowest BCUT2D eigenvalue weighted by molar-refractivity contribution is -0.158. The highest BCUT2D eigenvalue weighted by Crippen LogP contribution is 2.23. The zero-order valence-electron chi connectivity index (χ0n) is 40.4. The summed E-state index contributed by atoms with van der Waals surface area (Å²) in [5, 5.41) is 23.6. The number of nitrogens with one attached hydrogen (secondary N) is 5. The Kier molecular flexibility index (Phi) is 19.9. The molecule has 8 N–H and O–H groups in total. The van der Waals surface area contributed by atoms with E-state index in [-0.39, 0.29) is 69.1 Å². The molecule has 68 heavy (non-hydrogen) atoms. The van der Waals surface area contributed by atoms with Crippen LogP contribution < -0.4 is 32.3 Å². The number of cyclic esters (lactones) is 1. The Bertz CT molecular complexity index is 2120. The number of carbonyl (C=O) groups is 9. The molecule has 2 aliphatic heterocycles. The predicted octanol–water partition coefficient (Wildman–Crippen LogP) is 1.38. The van der Waals surface area contributed by atoms with Gasteiger partial charge in [-0.1, -0.05) is 84.0 Å². The van der Waals surface area contributed by atoms with Gasteiger partial charge in [0.1, 0.15) is 54.1 Å². The van der Waals surface area contributed by atoms with Crippen molar-refractivity contribution in [2.24, 2.45) is 23.5 Å². The first-order chi connectivity index (χ1) is 32.1. The molecule has 2 fully saturated rings. The van der Waals surface area contributed by atoms with Gasteiger partial charge in [0, 0.05) is 39.3 Å². The first-order valence-corrected chi connectivity index (χ1v) is 23.4. The van der Waals surface area contributed by atoms with E-state index in [1.165, 1.54) is 35.9 Å². The van der Waals surface area contributed by atoms with E-state index in [0.717, 1.165) is 0 Å². The van der Waals surface area contributed by atoms with Crippen LogP contribution in [0.5, 0.6) is 5.75 Å². The quantitative estimate of drug-likeness (QED) is 0.125. The maximum Gasteiger partial charge on any atom is 0.329 e. The van der Waals surface area contributed by atoms with Crippen LogP contribution in [0.3, 0.4) is 0 Å². The summed E-state index contributed by atoms with van der Waals surface area (Å²) in [6.07, 6.45) is -1.26. The number of nitrogens with zero attached hydrogens (tertiary/aromatic N) is 2. The average molecular weight is 947 g/mol. The van der Waals surface area contributed by atoms with Crippen molar-refractivity contribution in [3.63, 3.8) is 0 Å². The van der Waals surface area contributed by atoms with Crippen LogP contribution in [0.4, 0.5) is 0 Å². The van der Waals surface area contributed by atoms with Crippen LogP contribution in [0.15, 0.2) is 54.6 Å². The number of phenols is 1. The summed E-state index contributed by atoms with van der Waals surface area (Å²) >= 11 is 0. The molecule has 8 atom stereocenters. The largest absolute Gasteiger partial charge is 0.508 e. The average Bonchev–Trinajstić information content (AvgIpc) is 3.77. The minimum Gasteiger partial charge on any atom is -0.508 e. The summed E-state index contributed by atoms with van der Waals surface area (Å²) in [5.74, 6) is -7.62. The van der Waals surface area contributed by atoms with Crippen molar-refractivity contribution in [1.82, 2.24) is 36.4 Å². The number of amides is 8. The van der Waals surface area contributed by atoms with Crippen molar-refractivity contribution in [2.75, 3.05) is 13.6 Å². The standard InChI is InChI=1S/C49H70N8O11/c1-27(2)23-35-48(66)57-22-12-15-37(57)44(62)52-36(25-31-13-10-9-11-14-31)47(65)56(8)38(26-32-16-18-33(58)19-17-32)45(63)54-41(29(5)6)49(67)68-30(7)42(46(64)53-35)55-43(61)34(20-21-39(50)59)51-40(60)24-28(3)4/h9-11,13-14,16-19,27-30,34-38,41-42,58H,12,15,20-26H2,1-8H3,(H2,50,59)(H,51,60)(H,52,62)(H,53,64)(H,54,63)(H,55,61)/t30-,34+,35+,36?,37-,38+,41+,42+/m1/s1. The van der Waals surface area contributed by atoms with Gasteiger partial charge in [0.05, 0.1) is 0 Å². The Labute approximate surface area is 398 Å². The number of hydrogen-bond donors (Lipinski definition) is 7. The van der Waals surface area contributed by atoms with Gasteiger partial charge in [0.2, 0.25) is 47.3 Å². The summed E-state index contributed by atoms with van der Waals surface area (Å²) < 4.78 is 5.91. The fraction of sp³-hybridized carbons (Fsp3) is 0.571. The highest BCUT2D eigenvalue weighted by molar-refractivity contribution is 5.98. The van der Waals surface area contributed by atoms with Gasteiger partial charge in [0.25, 0.3) is 0 Å². The van der Waals surface area contributed by atoms with Crippen LogP contribution in [0.2, 0.25) is 0 Å². The zero-order chi connectivity index (χ0) is 50.4. The van der Waals surface area contributed by atoms with Crippen LogP contribution in [0.25, 0.3) is 0 Å². The molecule has 0 radical (unpaired) electrons. The second kappa shape index (κ2) is 25.0. The summed E-state index contributed by atoms with van der Waals surface area (Å²) in [6.45, 7) is 12.0. The van der Waals surface area contributed by atoms with E-state index in [4.69, 9.17) is 10.5 Å². The first kappa shape index (κ1) is 54.1. The van der Waals surface area contributed by atoms with Crippen molar-refractivity contribution in [3.8, 4) is 5.75 Å². The van der Waals surface area contributed by atoms with Crippen LogP contribution in [0.1, 0.15) is 98.1 Å². The van der Waals surface area contributed by atoms with Gasteiger partial charge in [-0.05, 0) is 73.6 Å². The Hall–Kier alpha value is -6.53. The molecule has 19 heteroatoms. The Morgan fingerprint density at radius 2 is 1.44 bits per heavy atom. The molecule has 2 heterocycles. The molecule has 4 rings (SSSR count). The van der Waals surface area contributed by atoms with E-state index in [1.807, 2.05) is 13.8 Å². The second-order valence-corrected chi connectivity index (χ2v) is 19.0. The lowest BCUT2D eigenvalue weighted by Crippen LogP contribution is -2.61. The summed E-state index contributed by atoms with van der Waals surface area (Å²) in [4.78, 5) is 129. The third-order valence-electron chi connectivity index (χ3n) is 12.0. The smallest absolute Gasteiger partial charge is 0.329 e. The Balaban J connectivity index is 1.85. The van der Waals surface area contributed by atoms with Gasteiger partial charge < -0.3 is 52.0 Å². The maximum absolute atomic E-state index is 14.8. The molecule has 0 bridgehead atoms. The molecular weight excluding hydrogens is 877 g/mol. The lowest BCUT2D eigenvalue weighted by Gasteiger charge is -2.33. The number of nitrogens with two attached hydrogens (primary N) is 1. The van der Waals surface area contributed by atoms with E-state index in [0.29, 0.717) is 17.5 Å². The molecule has 8 amide bonds. The molecular formula is C49H70N8O11. The highest BCUT2D eigenvalue weighted by Gasteiger charge is 2.43. The van der Waals surface area contributed by atoms with Crippen LogP contribution in [-0.4, -0.2) is 130 Å². The fourth-order valence-corrected chi connectivity index (χ4v) is 8.34. The van der Waals surface area contributed by atoms with E-state index in [2.05, 4.69) is 26.6 Å². The summed E-state index contributed by atoms with van der Waals surface area (Å²) in [5.41, 5.74) is 6.66. The van der Waals surface area contributed by atoms with Crippen LogP contribution in [-0.2, 0) is 60.7 Å². The van der Waals surface area contributed by atoms with Gasteiger partial charge in [-0.2, -0.15) is 0 Å². The van der Waals surface area contributed by atoms with Crippen molar-refractivity contribution < 1.29 is 53.0 Å². The van der Waals surface area contributed by atoms with E-state index >= 15 is 0 Å². The fourth-order valence-electron chi connectivity index (χ4n) is 8.34. The van der Waals surface area contributed by atoms with Gasteiger partial charge in [-0.15, -0.1) is 0 Å². The van der Waals surface area contributed by atoms with Gasteiger partial charge in [-0.3, -0.25) is 38.4 Å². The van der Waals surface area contributed by atoms with Crippen molar-refractivity contribution >= 4 is 53.2 Å². The number of benzene rings is 2. The number of carbonyl (C=O) groups excluding carboxylic acids is 9. The van der Waals surface area contributed by atoms with E-state index in [1.54, 1.807) is 70.2 Å². The van der Waals surface area contributed by atoms with Gasteiger partial charge in [0.15, 0.2) is 0 Å². The molecule has 1 unspecified atom stereocenters. The summed E-state index contributed by atoms with van der Waals surface area (Å²) in [7, 11) is 1.42. The third-order valence-corrected chi connectivity index (χ3v) is 12.0. The maximum atomic E-state index is 14.8. The molecule has 2 aromatic rings. The normalized spacial score (nSPS) is 24.0. The minimum atomic E-state index is -1.71. The summed E-state index contributed by atoms with van der Waals surface area (Å²) in [6, 6.07) is 5.73. The SMILES string of the molecule is CC(C)CC(=O)N[C@@H](CCC(N)=O)C(=O)N[C@@H]1C(=O)N[C@@H](CC(C)C)C(=O)N2CCC[C@@H]2C(=O)NC(Cc2ccccc2)C(=O)N(C)[C@@H](Cc2ccc(O)cc2)C(=O)N[C@@H](C(C)C)C(=O)O[C@@H]1C. The number of phenolic OH excluding ortho intramolecular Hbond substituents is 1. The van der Waals surface area contributed by atoms with Crippen LogP contribution in [0, 0.1) is 17.8 Å². The third kappa shape index (κ3) is 15.5. The van der Waals surface area contributed by atoms with Crippen LogP contribution >= 0.6 is 0 Å². The number of esters is 1. The molecule has 2 aliphatic rings. The van der Waals surface area contributed by atoms with Gasteiger partial charge >= 0.3 is 5.97 Å². The number of likely N-dealkylation sites (N-methyl/N-ethyl adjacent to an activating group) is 1. The van der Waals surface area contributed by atoms with E-state index in [9.17, 15) is 48.3 Å². The van der Waals surface area contributed by atoms with Gasteiger partial charge in [-0.25, -0.2) is 4.79 Å². The topological polar surface area (TPSA) is 276 Å². The second-order valence-electron chi connectivity index (χ2n) is 19.0. The number of ether oxygens (including phenoxy) is 1. The number of fused-ring (bicyclic) bond motifs is 1. The Morgan fingerprint density at radius 1 is 0.809 bits per heavy atom. The number of rotatable bonds is 15.